The lowest BCUT2D eigenvalue weighted by Crippen LogP contribution is -2.26. The number of nitrogens with zero attached hydrogens (tertiary/aromatic N) is 1. The normalized spacial score (nSPS) is 34.1. The maximum absolute atomic E-state index is 9.24. The largest absolute Gasteiger partial charge is 0.198 e. The third-order valence-corrected chi connectivity index (χ3v) is 3.34. The molecule has 0 aliphatic heterocycles. The second kappa shape index (κ2) is 4.65. The third kappa shape index (κ3) is 2.72. The summed E-state index contributed by atoms with van der Waals surface area (Å²) in [5.74, 6) is 0.769. The van der Waals surface area contributed by atoms with E-state index >= 15 is 0 Å². The maximum atomic E-state index is 9.24. The summed E-state index contributed by atoms with van der Waals surface area (Å²) in [6.45, 7) is 4.49. The first-order chi connectivity index (χ1) is 6.22. The summed E-state index contributed by atoms with van der Waals surface area (Å²) in [6.07, 6.45) is 8.45. The molecule has 1 aliphatic carbocycles. The van der Waals surface area contributed by atoms with Crippen LogP contribution < -0.4 is 0 Å². The van der Waals surface area contributed by atoms with Crippen molar-refractivity contribution in [1.82, 2.24) is 0 Å². The van der Waals surface area contributed by atoms with Gasteiger partial charge in [0.25, 0.3) is 0 Å². The van der Waals surface area contributed by atoms with Gasteiger partial charge in [-0.2, -0.15) is 5.26 Å². The van der Waals surface area contributed by atoms with Crippen molar-refractivity contribution in [3.8, 4) is 6.07 Å². The molecule has 1 fully saturated rings. The molecule has 2 unspecified atom stereocenters. The van der Waals surface area contributed by atoms with E-state index in [0.29, 0.717) is 0 Å². The van der Waals surface area contributed by atoms with Crippen LogP contribution in [0.5, 0.6) is 0 Å². The molecule has 74 valence electrons. The van der Waals surface area contributed by atoms with Gasteiger partial charge in [-0.15, -0.1) is 0 Å². The molecule has 0 aromatic rings. The fraction of sp³-hybridized carbons (Fsp3) is 0.917. The second-order valence-corrected chi connectivity index (χ2v) is 4.70. The van der Waals surface area contributed by atoms with Crippen LogP contribution in [0.15, 0.2) is 0 Å². The van der Waals surface area contributed by atoms with Crippen LogP contribution in [-0.4, -0.2) is 0 Å². The summed E-state index contributed by atoms with van der Waals surface area (Å²) >= 11 is 0. The molecule has 0 spiro atoms. The van der Waals surface area contributed by atoms with E-state index in [1.54, 1.807) is 0 Å². The zero-order valence-electron chi connectivity index (χ0n) is 8.97. The molecule has 0 aromatic heterocycles. The highest BCUT2D eigenvalue weighted by molar-refractivity contribution is 5.01. The van der Waals surface area contributed by atoms with Crippen LogP contribution in [0.25, 0.3) is 0 Å². The second-order valence-electron chi connectivity index (χ2n) is 4.70. The van der Waals surface area contributed by atoms with Crippen molar-refractivity contribution in [2.24, 2.45) is 11.3 Å². The minimum absolute atomic E-state index is 0.0493. The van der Waals surface area contributed by atoms with Crippen LogP contribution in [0, 0.1) is 22.7 Å². The number of unbranched alkanes of at least 4 members (excludes halogenated alkanes) is 1. The maximum Gasteiger partial charge on any atom is 0.0689 e. The smallest absolute Gasteiger partial charge is 0.0689 e. The van der Waals surface area contributed by atoms with Gasteiger partial charge in [0.15, 0.2) is 0 Å². The molecule has 2 atom stereocenters. The average Bonchev–Trinajstić information content (AvgIpc) is 2.15. The Hall–Kier alpha value is -0.510. The first kappa shape index (κ1) is 10.6. The molecule has 13 heavy (non-hydrogen) atoms. The minimum atomic E-state index is 0.0493. The molecule has 0 aromatic carbocycles. The van der Waals surface area contributed by atoms with Crippen molar-refractivity contribution in [3.05, 3.63) is 0 Å². The Morgan fingerprint density at radius 2 is 2.31 bits per heavy atom. The van der Waals surface area contributed by atoms with E-state index in [2.05, 4.69) is 19.9 Å². The van der Waals surface area contributed by atoms with Crippen LogP contribution >= 0.6 is 0 Å². The number of hydrogen-bond donors (Lipinski definition) is 0. The fourth-order valence-corrected chi connectivity index (χ4v) is 2.56. The quantitative estimate of drug-likeness (QED) is 0.644. The van der Waals surface area contributed by atoms with Gasteiger partial charge in [-0.1, -0.05) is 39.5 Å². The van der Waals surface area contributed by atoms with Gasteiger partial charge in [0, 0.05) is 0 Å². The van der Waals surface area contributed by atoms with E-state index in [-0.39, 0.29) is 5.41 Å². The van der Waals surface area contributed by atoms with Gasteiger partial charge in [-0.05, 0) is 25.2 Å². The lowest BCUT2D eigenvalue weighted by atomic mass is 9.68. The number of rotatable bonds is 3. The monoisotopic (exact) mass is 179 g/mol. The molecule has 0 saturated heterocycles. The Balaban J connectivity index is 2.53. The van der Waals surface area contributed by atoms with Crippen molar-refractivity contribution >= 4 is 0 Å². The van der Waals surface area contributed by atoms with Gasteiger partial charge < -0.3 is 0 Å². The first-order valence-corrected chi connectivity index (χ1v) is 5.64. The molecule has 1 nitrogen and oxygen atoms in total. The van der Waals surface area contributed by atoms with Gasteiger partial charge in [-0.3, -0.25) is 0 Å². The Labute approximate surface area is 82.1 Å². The van der Waals surface area contributed by atoms with Gasteiger partial charge >= 0.3 is 0 Å². The predicted molar refractivity (Wildman–Crippen MR) is 55.2 cm³/mol. The van der Waals surface area contributed by atoms with E-state index < -0.39 is 0 Å². The Morgan fingerprint density at radius 1 is 1.54 bits per heavy atom. The topological polar surface area (TPSA) is 23.8 Å². The zero-order chi connectivity index (χ0) is 9.73. The first-order valence-electron chi connectivity index (χ1n) is 5.64. The SMILES string of the molecule is CCCCC1(C#N)CCCC(C)C1. The Morgan fingerprint density at radius 3 is 2.85 bits per heavy atom. The summed E-state index contributed by atoms with van der Waals surface area (Å²) in [6, 6.07) is 2.58. The summed E-state index contributed by atoms with van der Waals surface area (Å²) < 4.78 is 0. The third-order valence-electron chi connectivity index (χ3n) is 3.34. The summed E-state index contributed by atoms with van der Waals surface area (Å²) in [5, 5.41) is 9.24. The van der Waals surface area contributed by atoms with Crippen molar-refractivity contribution < 1.29 is 0 Å². The number of nitriles is 1. The molecule has 1 aliphatic rings. The molecule has 1 saturated carbocycles. The molecular formula is C12H21N. The summed E-state index contributed by atoms with van der Waals surface area (Å²) in [7, 11) is 0. The molecule has 0 bridgehead atoms. The van der Waals surface area contributed by atoms with E-state index in [4.69, 9.17) is 0 Å². The highest BCUT2D eigenvalue weighted by atomic mass is 14.4. The molecular weight excluding hydrogens is 158 g/mol. The van der Waals surface area contributed by atoms with Gasteiger partial charge in [0.1, 0.15) is 0 Å². The molecule has 0 radical (unpaired) electrons. The van der Waals surface area contributed by atoms with Crippen molar-refractivity contribution in [2.45, 2.75) is 58.8 Å². The number of hydrogen-bond acceptors (Lipinski definition) is 1. The van der Waals surface area contributed by atoms with Gasteiger partial charge in [-0.25, -0.2) is 0 Å². The average molecular weight is 179 g/mol. The highest BCUT2D eigenvalue weighted by Crippen LogP contribution is 2.42. The molecule has 0 heterocycles. The lowest BCUT2D eigenvalue weighted by Gasteiger charge is -2.34. The molecule has 0 amide bonds. The van der Waals surface area contributed by atoms with Crippen molar-refractivity contribution in [2.75, 3.05) is 0 Å². The van der Waals surface area contributed by atoms with Crippen LogP contribution in [0.2, 0.25) is 0 Å². The van der Waals surface area contributed by atoms with Crippen LogP contribution in [0.1, 0.15) is 58.8 Å². The van der Waals surface area contributed by atoms with Crippen LogP contribution in [0.3, 0.4) is 0 Å². The van der Waals surface area contributed by atoms with Crippen molar-refractivity contribution in [3.63, 3.8) is 0 Å². The van der Waals surface area contributed by atoms with E-state index in [0.717, 1.165) is 25.2 Å². The van der Waals surface area contributed by atoms with Crippen LogP contribution in [-0.2, 0) is 0 Å². The Bertz CT molecular complexity index is 192. The van der Waals surface area contributed by atoms with E-state index in [9.17, 15) is 5.26 Å². The van der Waals surface area contributed by atoms with Crippen molar-refractivity contribution in [1.29, 1.82) is 5.26 Å². The van der Waals surface area contributed by atoms with Gasteiger partial charge in [0.2, 0.25) is 0 Å². The Kier molecular flexibility index (Phi) is 3.78. The molecule has 1 heteroatoms. The predicted octanol–water partition coefficient (Wildman–Crippen LogP) is 3.90. The molecule has 0 N–H and O–H groups in total. The lowest BCUT2D eigenvalue weighted by molar-refractivity contribution is 0.193. The van der Waals surface area contributed by atoms with E-state index in [1.807, 2.05) is 0 Å². The standard InChI is InChI=1S/C12H21N/c1-3-4-7-12(10-13)8-5-6-11(2)9-12/h11H,3-9H2,1-2H3. The van der Waals surface area contributed by atoms with Crippen LogP contribution in [0.4, 0.5) is 0 Å². The fourth-order valence-electron chi connectivity index (χ4n) is 2.56. The zero-order valence-corrected chi connectivity index (χ0v) is 8.97. The van der Waals surface area contributed by atoms with E-state index in [1.165, 1.54) is 25.7 Å². The van der Waals surface area contributed by atoms with Gasteiger partial charge in [0.05, 0.1) is 11.5 Å². The minimum Gasteiger partial charge on any atom is -0.198 e. The highest BCUT2D eigenvalue weighted by Gasteiger charge is 2.34. The summed E-state index contributed by atoms with van der Waals surface area (Å²) in [4.78, 5) is 0. The summed E-state index contributed by atoms with van der Waals surface area (Å²) in [5.41, 5.74) is 0.0493. The molecule has 1 rings (SSSR count).